The van der Waals surface area contributed by atoms with Crippen LogP contribution in [0, 0.1) is 11.8 Å². The van der Waals surface area contributed by atoms with Crippen molar-refractivity contribution < 1.29 is 22.4 Å². The van der Waals surface area contributed by atoms with Gasteiger partial charge in [0.15, 0.2) is 5.82 Å². The van der Waals surface area contributed by atoms with Crippen LogP contribution in [0.2, 0.25) is 0 Å². The van der Waals surface area contributed by atoms with E-state index in [0.717, 1.165) is 50.9 Å². The average molecular weight is 541 g/mol. The van der Waals surface area contributed by atoms with E-state index in [1.807, 2.05) is 12.1 Å². The van der Waals surface area contributed by atoms with Crippen LogP contribution in [0.1, 0.15) is 42.1 Å². The van der Waals surface area contributed by atoms with Gasteiger partial charge in [-0.25, -0.2) is 9.37 Å². The first kappa shape index (κ1) is 25.5. The Morgan fingerprint density at radius 2 is 1.67 bits per heavy atom. The van der Waals surface area contributed by atoms with Gasteiger partial charge in [0.1, 0.15) is 17.2 Å². The molecule has 2 fully saturated rings. The fraction of sp³-hybridized carbons (Fsp3) is 0.393. The zero-order valence-electron chi connectivity index (χ0n) is 21.4. The van der Waals surface area contributed by atoms with Gasteiger partial charge in [-0.2, -0.15) is 18.2 Å². The molecule has 0 radical (unpaired) electrons. The first-order chi connectivity index (χ1) is 18.6. The van der Waals surface area contributed by atoms with Crippen LogP contribution in [-0.4, -0.2) is 59.0 Å². The Labute approximate surface area is 223 Å². The molecule has 3 aromatic rings. The quantitative estimate of drug-likeness (QED) is 0.472. The summed E-state index contributed by atoms with van der Waals surface area (Å²) in [6, 6.07) is 8.23. The number of piperazine rings is 1. The fourth-order valence-electron chi connectivity index (χ4n) is 5.58. The van der Waals surface area contributed by atoms with Crippen molar-refractivity contribution in [1.29, 1.82) is 0 Å². The molecular formula is C28H28F4N6O. The van der Waals surface area contributed by atoms with Gasteiger partial charge in [-0.15, -0.1) is 0 Å². The zero-order valence-corrected chi connectivity index (χ0v) is 21.4. The molecule has 2 aromatic carbocycles. The SMILES string of the molecule is CC1NC(=O)c2c(F)cc(-c3nc(-c4ccc(N5CCN(C6CCC6)CC5)cc4)c(F)nc3N)cc2C1(F)F. The minimum Gasteiger partial charge on any atom is -0.382 e. The van der Waals surface area contributed by atoms with Gasteiger partial charge in [0.05, 0.1) is 11.6 Å². The summed E-state index contributed by atoms with van der Waals surface area (Å²) < 4.78 is 59.6. The van der Waals surface area contributed by atoms with Crippen molar-refractivity contribution in [1.82, 2.24) is 20.2 Å². The van der Waals surface area contributed by atoms with E-state index in [-0.39, 0.29) is 22.8 Å². The van der Waals surface area contributed by atoms with E-state index >= 15 is 0 Å². The lowest BCUT2D eigenvalue weighted by Crippen LogP contribution is -2.52. The summed E-state index contributed by atoms with van der Waals surface area (Å²) in [7, 11) is 0. The van der Waals surface area contributed by atoms with Crippen molar-refractivity contribution in [3.63, 3.8) is 0 Å². The maximum Gasteiger partial charge on any atom is 0.293 e. The third-order valence-electron chi connectivity index (χ3n) is 8.13. The standard InChI is InChI=1S/C28H28F4N6O/c1-15-28(31,32)20-13-17(14-21(29)22(20)27(39)34-15)24-26(33)36-25(30)23(35-24)16-5-7-19(8-6-16)38-11-9-37(10-12-38)18-3-2-4-18/h5-8,13-15,18H,2-4,9-12H2,1H3,(H2,33,36)(H,34,39). The highest BCUT2D eigenvalue weighted by Crippen LogP contribution is 2.41. The van der Waals surface area contributed by atoms with Crippen molar-refractivity contribution in [2.75, 3.05) is 36.8 Å². The van der Waals surface area contributed by atoms with Gasteiger partial charge < -0.3 is 16.0 Å². The van der Waals surface area contributed by atoms with E-state index < -0.39 is 40.8 Å². The average Bonchev–Trinajstić information content (AvgIpc) is 2.87. The molecule has 11 heteroatoms. The number of nitrogens with one attached hydrogen (secondary N) is 1. The fourth-order valence-corrected chi connectivity index (χ4v) is 5.58. The largest absolute Gasteiger partial charge is 0.382 e. The second-order valence-electron chi connectivity index (χ2n) is 10.5. The number of nitrogens with zero attached hydrogens (tertiary/aromatic N) is 4. The van der Waals surface area contributed by atoms with Crippen LogP contribution in [-0.2, 0) is 5.92 Å². The molecule has 0 spiro atoms. The number of aromatic nitrogens is 2. The lowest BCUT2D eigenvalue weighted by atomic mass is 9.89. The Morgan fingerprint density at radius 3 is 2.31 bits per heavy atom. The van der Waals surface area contributed by atoms with Crippen LogP contribution in [0.25, 0.3) is 22.5 Å². The lowest BCUT2D eigenvalue weighted by Gasteiger charge is -2.43. The Kier molecular flexibility index (Phi) is 6.21. The molecule has 1 aromatic heterocycles. The summed E-state index contributed by atoms with van der Waals surface area (Å²) in [4.78, 5) is 25.0. The second-order valence-corrected chi connectivity index (χ2v) is 10.5. The highest BCUT2D eigenvalue weighted by molar-refractivity contribution is 5.98. The first-order valence-electron chi connectivity index (χ1n) is 13.1. The first-order valence-corrected chi connectivity index (χ1v) is 13.1. The van der Waals surface area contributed by atoms with Gasteiger partial charge in [-0.05, 0) is 44.0 Å². The molecule has 1 atom stereocenters. The minimum absolute atomic E-state index is 0.125. The molecule has 1 saturated carbocycles. The number of carbonyl (C=O) groups excluding carboxylic acids is 1. The summed E-state index contributed by atoms with van der Waals surface area (Å²) >= 11 is 0. The van der Waals surface area contributed by atoms with Gasteiger partial charge in [0.2, 0.25) is 5.95 Å². The Morgan fingerprint density at radius 1 is 0.974 bits per heavy atom. The highest BCUT2D eigenvalue weighted by Gasteiger charge is 2.47. The number of fused-ring (bicyclic) bond motifs is 1. The molecule has 1 amide bonds. The van der Waals surface area contributed by atoms with Gasteiger partial charge in [0.25, 0.3) is 11.8 Å². The summed E-state index contributed by atoms with van der Waals surface area (Å²) in [6.07, 6.45) is 3.86. The van der Waals surface area contributed by atoms with E-state index in [2.05, 4.69) is 25.1 Å². The number of carbonyl (C=O) groups is 1. The molecule has 2 aliphatic heterocycles. The number of hydrogen-bond donors (Lipinski definition) is 2. The third kappa shape index (κ3) is 4.38. The Balaban J connectivity index is 1.30. The van der Waals surface area contributed by atoms with Crippen molar-refractivity contribution in [3.8, 4) is 22.5 Å². The number of nitrogen functional groups attached to an aromatic ring is 1. The molecule has 7 nitrogen and oxygen atoms in total. The smallest absolute Gasteiger partial charge is 0.293 e. The summed E-state index contributed by atoms with van der Waals surface area (Å²) in [5, 5.41) is 2.08. The monoisotopic (exact) mass is 540 g/mol. The molecule has 0 bridgehead atoms. The van der Waals surface area contributed by atoms with E-state index in [1.54, 1.807) is 12.1 Å². The maximum absolute atomic E-state index is 14.9. The van der Waals surface area contributed by atoms with E-state index in [1.165, 1.54) is 19.3 Å². The van der Waals surface area contributed by atoms with Crippen LogP contribution in [0.5, 0.6) is 0 Å². The number of halogens is 4. The van der Waals surface area contributed by atoms with Crippen LogP contribution in [0.15, 0.2) is 36.4 Å². The summed E-state index contributed by atoms with van der Waals surface area (Å²) in [5.41, 5.74) is 5.38. The number of rotatable bonds is 4. The number of hydrogen-bond acceptors (Lipinski definition) is 6. The highest BCUT2D eigenvalue weighted by atomic mass is 19.3. The molecule has 3 N–H and O–H groups in total. The van der Waals surface area contributed by atoms with Crippen LogP contribution in [0.3, 0.4) is 0 Å². The van der Waals surface area contributed by atoms with Gasteiger partial charge in [-0.1, -0.05) is 18.6 Å². The maximum atomic E-state index is 14.9. The van der Waals surface area contributed by atoms with E-state index in [9.17, 15) is 22.4 Å². The van der Waals surface area contributed by atoms with Crippen LogP contribution >= 0.6 is 0 Å². The Hall–Kier alpha value is -3.73. The molecule has 3 aliphatic rings. The third-order valence-corrected chi connectivity index (χ3v) is 8.13. The molecule has 204 valence electrons. The molecule has 1 unspecified atom stereocenters. The van der Waals surface area contributed by atoms with Gasteiger partial charge >= 0.3 is 0 Å². The summed E-state index contributed by atoms with van der Waals surface area (Å²) in [6.45, 7) is 4.95. The number of nitrogens with two attached hydrogens (primary N) is 1. The van der Waals surface area contributed by atoms with Gasteiger partial charge in [0, 0.05) is 54.6 Å². The molecule has 1 saturated heterocycles. The van der Waals surface area contributed by atoms with Crippen molar-refractivity contribution >= 4 is 17.4 Å². The summed E-state index contributed by atoms with van der Waals surface area (Å²) in [5.74, 6) is -6.94. The minimum atomic E-state index is -3.54. The van der Waals surface area contributed by atoms with Crippen molar-refractivity contribution in [3.05, 3.63) is 59.3 Å². The number of benzene rings is 2. The predicted molar refractivity (Wildman–Crippen MR) is 139 cm³/mol. The zero-order chi connectivity index (χ0) is 27.5. The number of amides is 1. The molecular weight excluding hydrogens is 512 g/mol. The van der Waals surface area contributed by atoms with E-state index in [0.29, 0.717) is 11.6 Å². The van der Waals surface area contributed by atoms with Gasteiger partial charge in [-0.3, -0.25) is 9.69 Å². The molecule has 6 rings (SSSR count). The molecule has 3 heterocycles. The number of anilines is 2. The topological polar surface area (TPSA) is 87.4 Å². The normalized spacial score (nSPS) is 21.3. The molecule has 39 heavy (non-hydrogen) atoms. The van der Waals surface area contributed by atoms with Crippen LogP contribution < -0.4 is 16.0 Å². The second kappa shape index (κ2) is 9.48. The lowest BCUT2D eigenvalue weighted by molar-refractivity contribution is -0.0417. The molecule has 1 aliphatic carbocycles. The number of alkyl halides is 2. The van der Waals surface area contributed by atoms with E-state index in [4.69, 9.17) is 5.73 Å². The Bertz CT molecular complexity index is 1430. The predicted octanol–water partition coefficient (Wildman–Crippen LogP) is 4.57. The van der Waals surface area contributed by atoms with Crippen molar-refractivity contribution in [2.45, 2.75) is 44.2 Å². The van der Waals surface area contributed by atoms with Crippen LogP contribution in [0.4, 0.5) is 29.1 Å². The van der Waals surface area contributed by atoms with Crippen molar-refractivity contribution in [2.24, 2.45) is 0 Å².